The van der Waals surface area contributed by atoms with Crippen molar-refractivity contribution < 1.29 is 19.1 Å². The normalized spacial score (nSPS) is 10.1. The summed E-state index contributed by atoms with van der Waals surface area (Å²) in [5, 5.41) is 0. The SMILES string of the molecule is COc1ccc(Br)c(C(=O)NNC(=O)COc2cc(C)ccc2C)c1. The highest BCUT2D eigenvalue weighted by atomic mass is 79.9. The van der Waals surface area contributed by atoms with E-state index < -0.39 is 11.8 Å². The first-order chi connectivity index (χ1) is 11.9. The zero-order valence-electron chi connectivity index (χ0n) is 14.2. The molecule has 2 N–H and O–H groups in total. The Morgan fingerprint density at radius 2 is 1.84 bits per heavy atom. The minimum Gasteiger partial charge on any atom is -0.497 e. The van der Waals surface area contributed by atoms with Gasteiger partial charge in [0.1, 0.15) is 11.5 Å². The van der Waals surface area contributed by atoms with Gasteiger partial charge in [-0.2, -0.15) is 0 Å². The first-order valence-electron chi connectivity index (χ1n) is 7.53. The minimum absolute atomic E-state index is 0.205. The van der Waals surface area contributed by atoms with Gasteiger partial charge in [0.15, 0.2) is 6.61 Å². The molecule has 6 nitrogen and oxygen atoms in total. The van der Waals surface area contributed by atoms with Gasteiger partial charge in [-0.05, 0) is 65.2 Å². The molecule has 0 aromatic heterocycles. The lowest BCUT2D eigenvalue weighted by molar-refractivity contribution is -0.123. The Hall–Kier alpha value is -2.54. The van der Waals surface area contributed by atoms with E-state index in [-0.39, 0.29) is 6.61 Å². The molecule has 0 aliphatic carbocycles. The zero-order valence-corrected chi connectivity index (χ0v) is 15.8. The van der Waals surface area contributed by atoms with Crippen molar-refractivity contribution in [2.24, 2.45) is 0 Å². The molecule has 0 aliphatic heterocycles. The topological polar surface area (TPSA) is 76.7 Å². The summed E-state index contributed by atoms with van der Waals surface area (Å²) in [5.41, 5.74) is 6.99. The predicted molar refractivity (Wildman–Crippen MR) is 97.7 cm³/mol. The van der Waals surface area contributed by atoms with Crippen molar-refractivity contribution in [2.45, 2.75) is 13.8 Å². The van der Waals surface area contributed by atoms with Gasteiger partial charge in [0.25, 0.3) is 11.8 Å². The second-order valence-electron chi connectivity index (χ2n) is 5.41. The minimum atomic E-state index is -0.467. The summed E-state index contributed by atoms with van der Waals surface area (Å²) in [6.45, 7) is 3.64. The lowest BCUT2D eigenvalue weighted by Crippen LogP contribution is -2.44. The summed E-state index contributed by atoms with van der Waals surface area (Å²) in [6, 6.07) is 10.7. The third-order valence-electron chi connectivity index (χ3n) is 3.44. The monoisotopic (exact) mass is 406 g/mol. The average Bonchev–Trinajstić information content (AvgIpc) is 2.60. The van der Waals surface area contributed by atoms with E-state index in [1.807, 2.05) is 32.0 Å². The highest BCUT2D eigenvalue weighted by Gasteiger charge is 2.13. The van der Waals surface area contributed by atoms with Crippen molar-refractivity contribution in [3.63, 3.8) is 0 Å². The fourth-order valence-corrected chi connectivity index (χ4v) is 2.47. The Morgan fingerprint density at radius 1 is 1.08 bits per heavy atom. The Balaban J connectivity index is 1.89. The van der Waals surface area contributed by atoms with Crippen LogP contribution in [0.1, 0.15) is 21.5 Å². The maximum absolute atomic E-state index is 12.2. The number of hydrogen-bond acceptors (Lipinski definition) is 4. The van der Waals surface area contributed by atoms with Crippen LogP contribution in [0.25, 0.3) is 0 Å². The van der Waals surface area contributed by atoms with Crippen LogP contribution in [0.4, 0.5) is 0 Å². The van der Waals surface area contributed by atoms with Crippen molar-refractivity contribution >= 4 is 27.7 Å². The van der Waals surface area contributed by atoms with Crippen LogP contribution < -0.4 is 20.3 Å². The number of ether oxygens (including phenoxy) is 2. The second kappa shape index (κ2) is 8.53. The molecule has 0 fully saturated rings. The van der Waals surface area contributed by atoms with Gasteiger partial charge in [-0.1, -0.05) is 12.1 Å². The number of carbonyl (C=O) groups excluding carboxylic acids is 2. The summed E-state index contributed by atoms with van der Waals surface area (Å²) in [5.74, 6) is 0.245. The molecule has 2 aromatic rings. The Kier molecular flexibility index (Phi) is 6.41. The number of halogens is 1. The first kappa shape index (κ1) is 18.8. The van der Waals surface area contributed by atoms with Gasteiger partial charge in [0, 0.05) is 4.47 Å². The molecule has 0 bridgehead atoms. The van der Waals surface area contributed by atoms with E-state index in [0.29, 0.717) is 21.5 Å². The van der Waals surface area contributed by atoms with Crippen molar-refractivity contribution in [1.29, 1.82) is 0 Å². The molecule has 0 aliphatic rings. The van der Waals surface area contributed by atoms with Gasteiger partial charge >= 0.3 is 0 Å². The molecule has 132 valence electrons. The van der Waals surface area contributed by atoms with E-state index in [0.717, 1.165) is 11.1 Å². The second-order valence-corrected chi connectivity index (χ2v) is 6.26. The van der Waals surface area contributed by atoms with Gasteiger partial charge in [0.05, 0.1) is 12.7 Å². The van der Waals surface area contributed by atoms with Gasteiger partial charge < -0.3 is 9.47 Å². The summed E-state index contributed by atoms with van der Waals surface area (Å²) >= 11 is 3.29. The Labute approximate surface area is 154 Å². The van der Waals surface area contributed by atoms with E-state index in [1.165, 1.54) is 7.11 Å². The van der Waals surface area contributed by atoms with Gasteiger partial charge in [-0.15, -0.1) is 0 Å². The van der Waals surface area contributed by atoms with Crippen LogP contribution in [0.2, 0.25) is 0 Å². The molecule has 2 amide bonds. The maximum Gasteiger partial charge on any atom is 0.276 e. The third-order valence-corrected chi connectivity index (χ3v) is 4.13. The molecule has 25 heavy (non-hydrogen) atoms. The molecular formula is C18H19BrN2O4. The quantitative estimate of drug-likeness (QED) is 0.748. The van der Waals surface area contributed by atoms with Crippen molar-refractivity contribution in [2.75, 3.05) is 13.7 Å². The number of hydrogen-bond donors (Lipinski definition) is 2. The highest BCUT2D eigenvalue weighted by Crippen LogP contribution is 2.22. The molecule has 0 spiro atoms. The molecular weight excluding hydrogens is 388 g/mol. The predicted octanol–water partition coefficient (Wildman–Crippen LogP) is 2.91. The number of hydrazine groups is 1. The maximum atomic E-state index is 12.2. The lowest BCUT2D eigenvalue weighted by atomic mass is 10.1. The lowest BCUT2D eigenvalue weighted by Gasteiger charge is -2.12. The van der Waals surface area contributed by atoms with Gasteiger partial charge in [-0.3, -0.25) is 20.4 Å². The van der Waals surface area contributed by atoms with E-state index in [4.69, 9.17) is 9.47 Å². The molecule has 2 rings (SSSR count). The fourth-order valence-electron chi connectivity index (χ4n) is 2.04. The molecule has 0 saturated heterocycles. The van der Waals surface area contributed by atoms with Crippen molar-refractivity contribution in [3.05, 3.63) is 57.6 Å². The van der Waals surface area contributed by atoms with E-state index in [9.17, 15) is 9.59 Å². The number of nitrogens with one attached hydrogen (secondary N) is 2. The van der Waals surface area contributed by atoms with Gasteiger partial charge in [0.2, 0.25) is 0 Å². The number of amides is 2. The van der Waals surface area contributed by atoms with E-state index >= 15 is 0 Å². The summed E-state index contributed by atoms with van der Waals surface area (Å²) < 4.78 is 11.2. The first-order valence-corrected chi connectivity index (χ1v) is 8.33. The summed E-state index contributed by atoms with van der Waals surface area (Å²) in [6.07, 6.45) is 0. The molecule has 0 saturated carbocycles. The van der Waals surface area contributed by atoms with Crippen LogP contribution in [0.15, 0.2) is 40.9 Å². The fraction of sp³-hybridized carbons (Fsp3) is 0.222. The Bertz CT molecular complexity index is 793. The van der Waals surface area contributed by atoms with E-state index in [1.54, 1.807) is 18.2 Å². The van der Waals surface area contributed by atoms with Gasteiger partial charge in [-0.25, -0.2) is 0 Å². The molecule has 7 heteroatoms. The summed E-state index contributed by atoms with van der Waals surface area (Å²) in [4.78, 5) is 24.0. The highest BCUT2D eigenvalue weighted by molar-refractivity contribution is 9.10. The summed E-state index contributed by atoms with van der Waals surface area (Å²) in [7, 11) is 1.51. The molecule has 2 aromatic carbocycles. The largest absolute Gasteiger partial charge is 0.497 e. The number of benzene rings is 2. The van der Waals surface area contributed by atoms with Crippen LogP contribution >= 0.6 is 15.9 Å². The number of rotatable bonds is 5. The smallest absolute Gasteiger partial charge is 0.276 e. The zero-order chi connectivity index (χ0) is 18.4. The molecule has 0 heterocycles. The number of aryl methyl sites for hydroxylation is 2. The van der Waals surface area contributed by atoms with Crippen LogP contribution in [0.3, 0.4) is 0 Å². The van der Waals surface area contributed by atoms with Crippen molar-refractivity contribution in [3.8, 4) is 11.5 Å². The number of methoxy groups -OCH3 is 1. The standard InChI is InChI=1S/C18H19BrN2O4/c1-11-4-5-12(2)16(8-11)25-10-17(22)20-21-18(23)14-9-13(24-3)6-7-15(14)19/h4-9H,10H2,1-3H3,(H,20,22)(H,21,23). The molecule has 0 unspecified atom stereocenters. The van der Waals surface area contributed by atoms with E-state index in [2.05, 4.69) is 26.8 Å². The third kappa shape index (κ3) is 5.22. The van der Waals surface area contributed by atoms with Crippen LogP contribution in [-0.2, 0) is 4.79 Å². The number of carbonyl (C=O) groups is 2. The average molecular weight is 407 g/mol. The van der Waals surface area contributed by atoms with Crippen molar-refractivity contribution in [1.82, 2.24) is 10.9 Å². The Morgan fingerprint density at radius 3 is 2.56 bits per heavy atom. The molecule has 0 radical (unpaired) electrons. The molecule has 0 atom stereocenters. The van der Waals surface area contributed by atoms with Crippen LogP contribution in [0, 0.1) is 13.8 Å². The van der Waals surface area contributed by atoms with Crippen LogP contribution in [0.5, 0.6) is 11.5 Å². The van der Waals surface area contributed by atoms with Crippen LogP contribution in [-0.4, -0.2) is 25.5 Å².